The fourth-order valence-corrected chi connectivity index (χ4v) is 4.25. The van der Waals surface area contributed by atoms with Crippen LogP contribution in [-0.4, -0.2) is 46.0 Å². The zero-order valence-electron chi connectivity index (χ0n) is 13.1. The summed E-state index contributed by atoms with van der Waals surface area (Å²) in [7, 11) is -3.67. The molecular weight excluding hydrogens is 298 g/mol. The van der Waals surface area contributed by atoms with Crippen molar-refractivity contribution in [1.82, 2.24) is 4.90 Å². The highest BCUT2D eigenvalue weighted by Gasteiger charge is 2.36. The van der Waals surface area contributed by atoms with Gasteiger partial charge in [-0.3, -0.25) is 4.90 Å². The molecule has 0 unspecified atom stereocenters. The van der Waals surface area contributed by atoms with Crippen molar-refractivity contribution in [2.24, 2.45) is 17.0 Å². The summed E-state index contributed by atoms with van der Waals surface area (Å²) in [6.07, 6.45) is 2.68. The molecule has 0 radical (unpaired) electrons. The average molecular weight is 323 g/mol. The van der Waals surface area contributed by atoms with Crippen molar-refractivity contribution in [3.05, 3.63) is 24.3 Å². The smallest absolute Gasteiger partial charge is 0.240 e. The Bertz CT molecular complexity index is 624. The Morgan fingerprint density at radius 1 is 1.14 bits per heavy atom. The molecule has 0 amide bonds. The highest BCUT2D eigenvalue weighted by Crippen LogP contribution is 2.41. The van der Waals surface area contributed by atoms with Gasteiger partial charge in [0, 0.05) is 32.7 Å². The van der Waals surface area contributed by atoms with Crippen LogP contribution in [-0.2, 0) is 10.0 Å². The van der Waals surface area contributed by atoms with Crippen LogP contribution in [0, 0.1) is 11.8 Å². The van der Waals surface area contributed by atoms with Crippen LogP contribution in [0.25, 0.3) is 0 Å². The number of para-hydroxylation sites is 1. The number of hydrogen-bond acceptors (Lipinski definition) is 4. The monoisotopic (exact) mass is 323 g/mol. The van der Waals surface area contributed by atoms with E-state index in [0.29, 0.717) is 0 Å². The maximum Gasteiger partial charge on any atom is 0.240 e. The summed E-state index contributed by atoms with van der Waals surface area (Å²) in [5, 5.41) is 5.33. The van der Waals surface area contributed by atoms with Crippen LogP contribution in [0.2, 0.25) is 0 Å². The van der Waals surface area contributed by atoms with Gasteiger partial charge in [-0.1, -0.05) is 25.5 Å². The molecule has 1 saturated carbocycles. The quantitative estimate of drug-likeness (QED) is 0.892. The number of anilines is 1. The van der Waals surface area contributed by atoms with Crippen LogP contribution in [0.5, 0.6) is 0 Å². The highest BCUT2D eigenvalue weighted by atomic mass is 32.2. The Morgan fingerprint density at radius 2 is 1.82 bits per heavy atom. The Morgan fingerprint density at radius 3 is 2.41 bits per heavy atom. The summed E-state index contributed by atoms with van der Waals surface area (Å²) in [5.41, 5.74) is 0.738. The van der Waals surface area contributed by atoms with Gasteiger partial charge in [-0.15, -0.1) is 0 Å². The molecule has 2 atom stereocenters. The summed E-state index contributed by atoms with van der Waals surface area (Å²) in [5.74, 6) is 1.81. The van der Waals surface area contributed by atoms with Crippen LogP contribution >= 0.6 is 0 Å². The summed E-state index contributed by atoms with van der Waals surface area (Å²) in [6.45, 7) is 7.17. The average Bonchev–Trinajstić information content (AvgIpc) is 3.25. The van der Waals surface area contributed by atoms with Gasteiger partial charge in [-0.25, -0.2) is 13.6 Å². The number of hydrogen-bond donors (Lipinski definition) is 1. The lowest BCUT2D eigenvalue weighted by Crippen LogP contribution is -2.47. The fraction of sp³-hybridized carbons (Fsp3) is 0.625. The minimum atomic E-state index is -3.67. The lowest BCUT2D eigenvalue weighted by atomic mass is 10.2. The molecule has 2 fully saturated rings. The third-order valence-corrected chi connectivity index (χ3v) is 5.93. The molecule has 1 aromatic carbocycles. The summed E-state index contributed by atoms with van der Waals surface area (Å²) in [4.78, 5) is 4.88. The van der Waals surface area contributed by atoms with Gasteiger partial charge in [0.1, 0.15) is 4.90 Å². The van der Waals surface area contributed by atoms with Gasteiger partial charge in [0.15, 0.2) is 0 Å². The van der Waals surface area contributed by atoms with Gasteiger partial charge < -0.3 is 4.90 Å². The third-order valence-electron chi connectivity index (χ3n) is 4.97. The minimum absolute atomic E-state index is 0.233. The van der Waals surface area contributed by atoms with E-state index in [1.165, 1.54) is 19.4 Å². The molecule has 0 aromatic heterocycles. The molecule has 1 aliphatic heterocycles. The first-order valence-corrected chi connectivity index (χ1v) is 9.63. The molecule has 1 aromatic rings. The minimum Gasteiger partial charge on any atom is -0.368 e. The van der Waals surface area contributed by atoms with Crippen molar-refractivity contribution < 1.29 is 8.42 Å². The summed E-state index contributed by atoms with van der Waals surface area (Å²) in [6, 6.07) is 7.03. The van der Waals surface area contributed by atoms with Crippen molar-refractivity contribution in [2.45, 2.75) is 24.7 Å². The maximum absolute atomic E-state index is 11.7. The Balaban J connectivity index is 1.62. The van der Waals surface area contributed by atoms with E-state index >= 15 is 0 Å². The van der Waals surface area contributed by atoms with E-state index in [9.17, 15) is 8.42 Å². The van der Waals surface area contributed by atoms with E-state index in [-0.39, 0.29) is 4.90 Å². The number of sulfonamides is 1. The van der Waals surface area contributed by atoms with Crippen LogP contribution < -0.4 is 10.0 Å². The van der Waals surface area contributed by atoms with E-state index < -0.39 is 10.0 Å². The number of nitrogens with zero attached hydrogens (tertiary/aromatic N) is 2. The molecular formula is C16H25N3O2S. The lowest BCUT2D eigenvalue weighted by molar-refractivity contribution is 0.243. The SMILES string of the molecule is CC[C@@H]1C[C@H]1CN1CCN(c2ccccc2S(N)(=O)=O)CC1. The van der Waals surface area contributed by atoms with Crippen molar-refractivity contribution in [2.75, 3.05) is 37.6 Å². The van der Waals surface area contributed by atoms with Gasteiger partial charge in [0.25, 0.3) is 0 Å². The van der Waals surface area contributed by atoms with Crippen LogP contribution in [0.15, 0.2) is 29.2 Å². The van der Waals surface area contributed by atoms with Gasteiger partial charge in [0.05, 0.1) is 5.69 Å². The summed E-state index contributed by atoms with van der Waals surface area (Å²) < 4.78 is 23.4. The number of rotatable bonds is 5. The second-order valence-corrected chi connectivity index (χ2v) is 7.99. The molecule has 0 bridgehead atoms. The largest absolute Gasteiger partial charge is 0.368 e. The first-order valence-electron chi connectivity index (χ1n) is 8.08. The van der Waals surface area contributed by atoms with E-state index in [2.05, 4.69) is 16.7 Å². The molecule has 3 rings (SSSR count). The lowest BCUT2D eigenvalue weighted by Gasteiger charge is -2.36. The second kappa shape index (κ2) is 6.18. The van der Waals surface area contributed by atoms with E-state index in [4.69, 9.17) is 5.14 Å². The third kappa shape index (κ3) is 3.45. The fourth-order valence-electron chi connectivity index (χ4n) is 3.50. The Kier molecular flexibility index (Phi) is 4.43. The predicted molar refractivity (Wildman–Crippen MR) is 88.4 cm³/mol. The second-order valence-electron chi connectivity index (χ2n) is 6.46. The van der Waals surface area contributed by atoms with Crippen molar-refractivity contribution in [3.8, 4) is 0 Å². The highest BCUT2D eigenvalue weighted by molar-refractivity contribution is 7.89. The first kappa shape index (κ1) is 15.8. The molecule has 0 spiro atoms. The maximum atomic E-state index is 11.7. The van der Waals surface area contributed by atoms with Crippen molar-refractivity contribution in [1.29, 1.82) is 0 Å². The molecule has 5 nitrogen and oxygen atoms in total. The normalized spacial score (nSPS) is 26.2. The van der Waals surface area contributed by atoms with E-state index in [0.717, 1.165) is 43.7 Å². The molecule has 22 heavy (non-hydrogen) atoms. The van der Waals surface area contributed by atoms with Crippen LogP contribution in [0.3, 0.4) is 0 Å². The zero-order chi connectivity index (χ0) is 15.7. The van der Waals surface area contributed by atoms with Gasteiger partial charge in [-0.2, -0.15) is 0 Å². The van der Waals surface area contributed by atoms with Gasteiger partial charge >= 0.3 is 0 Å². The topological polar surface area (TPSA) is 66.6 Å². The zero-order valence-corrected chi connectivity index (χ0v) is 13.9. The molecule has 1 aliphatic carbocycles. The van der Waals surface area contributed by atoms with E-state index in [1.54, 1.807) is 12.1 Å². The molecule has 122 valence electrons. The van der Waals surface area contributed by atoms with Crippen LogP contribution in [0.4, 0.5) is 5.69 Å². The Labute approximate surface area is 133 Å². The molecule has 6 heteroatoms. The first-order chi connectivity index (χ1) is 10.5. The number of primary sulfonamides is 1. The molecule has 1 saturated heterocycles. The van der Waals surface area contributed by atoms with E-state index in [1.807, 2.05) is 12.1 Å². The molecule has 2 N–H and O–H groups in total. The standard InChI is InChI=1S/C16H25N3O2S/c1-2-13-11-14(13)12-18-7-9-19(10-8-18)15-5-3-4-6-16(15)22(17,20)21/h3-6,13-14H,2,7-12H2,1H3,(H2,17,20,21)/t13-,14+/m1/s1. The Hall–Kier alpha value is -1.11. The van der Waals surface area contributed by atoms with Crippen LogP contribution in [0.1, 0.15) is 19.8 Å². The molecule has 1 heterocycles. The number of piperazine rings is 1. The molecule has 2 aliphatic rings. The number of nitrogens with two attached hydrogens (primary N) is 1. The van der Waals surface area contributed by atoms with Gasteiger partial charge in [0.2, 0.25) is 10.0 Å². The van der Waals surface area contributed by atoms with Gasteiger partial charge in [-0.05, 0) is 30.4 Å². The van der Waals surface area contributed by atoms with Crippen molar-refractivity contribution >= 4 is 15.7 Å². The number of benzene rings is 1. The van der Waals surface area contributed by atoms with Crippen molar-refractivity contribution in [3.63, 3.8) is 0 Å². The predicted octanol–water partition coefficient (Wildman–Crippen LogP) is 1.50. The summed E-state index contributed by atoms with van der Waals surface area (Å²) >= 11 is 0.